The van der Waals surface area contributed by atoms with Crippen LogP contribution < -0.4 is 5.32 Å². The van der Waals surface area contributed by atoms with Crippen molar-refractivity contribution >= 4 is 23.2 Å². The lowest BCUT2D eigenvalue weighted by atomic mass is 9.82. The summed E-state index contributed by atoms with van der Waals surface area (Å²) in [5, 5.41) is 4.30. The Kier molecular flexibility index (Phi) is 4.13. The molecule has 3 aromatic rings. The average molecular weight is 414 g/mol. The van der Waals surface area contributed by atoms with Crippen LogP contribution in [0.4, 0.5) is 14.5 Å². The molecule has 7 heteroatoms. The SMILES string of the molecule is O=C(c1c(F)cccc1F)N1CCC2(CC1)Nc1ccc(Cl)cc1-n1cccc12. The second-order valence-electron chi connectivity index (χ2n) is 7.52. The fourth-order valence-corrected chi connectivity index (χ4v) is 4.61. The van der Waals surface area contributed by atoms with Gasteiger partial charge in [-0.3, -0.25) is 4.79 Å². The standard InChI is InChI=1S/C22H18ClF2N3O/c23-14-6-7-17-18(13-14)28-10-2-5-19(28)22(26-17)8-11-27(12-9-22)21(29)20-15(24)3-1-4-16(20)25/h1-7,10,13,26H,8-9,11-12H2. The van der Waals surface area contributed by atoms with E-state index in [1.807, 2.05) is 30.5 Å². The number of benzene rings is 2. The second-order valence-corrected chi connectivity index (χ2v) is 7.96. The molecule has 4 nitrogen and oxygen atoms in total. The minimum atomic E-state index is -0.828. The van der Waals surface area contributed by atoms with E-state index in [1.165, 1.54) is 11.0 Å². The molecule has 2 aliphatic rings. The van der Waals surface area contributed by atoms with E-state index in [9.17, 15) is 13.6 Å². The van der Waals surface area contributed by atoms with Gasteiger partial charge in [0.2, 0.25) is 0 Å². The number of nitrogens with zero attached hydrogens (tertiary/aromatic N) is 2. The molecular formula is C22H18ClF2N3O. The smallest absolute Gasteiger partial charge is 0.259 e. The lowest BCUT2D eigenvalue weighted by Crippen LogP contribution is -2.51. The molecule has 0 radical (unpaired) electrons. The zero-order valence-corrected chi connectivity index (χ0v) is 16.2. The van der Waals surface area contributed by atoms with Crippen LogP contribution in [0, 0.1) is 11.6 Å². The van der Waals surface area contributed by atoms with Crippen molar-refractivity contribution in [3.8, 4) is 5.69 Å². The number of nitrogens with one attached hydrogen (secondary N) is 1. The fourth-order valence-electron chi connectivity index (χ4n) is 4.45. The Hall–Kier alpha value is -2.86. The Labute approximate surface area is 171 Å². The van der Waals surface area contributed by atoms with Crippen molar-refractivity contribution in [1.82, 2.24) is 9.47 Å². The van der Waals surface area contributed by atoms with Crippen molar-refractivity contribution in [1.29, 1.82) is 0 Å². The Balaban J connectivity index is 1.43. The van der Waals surface area contributed by atoms with Crippen LogP contribution in [-0.4, -0.2) is 28.5 Å². The maximum Gasteiger partial charge on any atom is 0.259 e. The number of likely N-dealkylation sites (tertiary alicyclic amines) is 1. The van der Waals surface area contributed by atoms with Gasteiger partial charge in [-0.25, -0.2) is 8.78 Å². The van der Waals surface area contributed by atoms with Gasteiger partial charge in [-0.2, -0.15) is 0 Å². The van der Waals surface area contributed by atoms with E-state index in [4.69, 9.17) is 11.6 Å². The summed E-state index contributed by atoms with van der Waals surface area (Å²) in [5.41, 5.74) is 2.21. The third-order valence-electron chi connectivity index (χ3n) is 5.91. The van der Waals surface area contributed by atoms with Crippen molar-refractivity contribution in [2.75, 3.05) is 18.4 Å². The van der Waals surface area contributed by atoms with Crippen LogP contribution in [-0.2, 0) is 5.54 Å². The number of hydrogen-bond donors (Lipinski definition) is 1. The summed E-state index contributed by atoms with van der Waals surface area (Å²) in [6, 6.07) is 13.2. The van der Waals surface area contributed by atoms with E-state index in [-0.39, 0.29) is 5.54 Å². The first-order chi connectivity index (χ1) is 14.0. The highest BCUT2D eigenvalue weighted by Crippen LogP contribution is 2.44. The van der Waals surface area contributed by atoms with Crippen LogP contribution in [0.2, 0.25) is 5.02 Å². The molecule has 148 valence electrons. The first-order valence-electron chi connectivity index (χ1n) is 9.48. The Morgan fingerprint density at radius 3 is 2.48 bits per heavy atom. The average Bonchev–Trinajstić information content (AvgIpc) is 3.20. The molecule has 1 fully saturated rings. The van der Waals surface area contributed by atoms with Crippen molar-refractivity contribution in [2.24, 2.45) is 0 Å². The summed E-state index contributed by atoms with van der Waals surface area (Å²) in [6.07, 6.45) is 3.25. The Morgan fingerprint density at radius 1 is 1.03 bits per heavy atom. The van der Waals surface area contributed by atoms with Crippen molar-refractivity contribution in [3.05, 3.63) is 82.6 Å². The summed E-state index contributed by atoms with van der Waals surface area (Å²) in [5.74, 6) is -2.26. The van der Waals surface area contributed by atoms with Gasteiger partial charge in [-0.1, -0.05) is 17.7 Å². The topological polar surface area (TPSA) is 37.3 Å². The summed E-state index contributed by atoms with van der Waals surface area (Å²) < 4.78 is 30.2. The largest absolute Gasteiger partial charge is 0.372 e. The van der Waals surface area contributed by atoms with E-state index in [1.54, 1.807) is 0 Å². The van der Waals surface area contributed by atoms with Gasteiger partial charge in [0.25, 0.3) is 5.91 Å². The number of piperidine rings is 1. The zero-order chi connectivity index (χ0) is 20.2. The molecule has 3 heterocycles. The first kappa shape index (κ1) is 18.2. The fraction of sp³-hybridized carbons (Fsp3) is 0.227. The number of amides is 1. The van der Waals surface area contributed by atoms with Crippen LogP contribution >= 0.6 is 11.6 Å². The van der Waals surface area contributed by atoms with E-state index >= 15 is 0 Å². The van der Waals surface area contributed by atoms with Gasteiger partial charge in [0.15, 0.2) is 0 Å². The summed E-state index contributed by atoms with van der Waals surface area (Å²) in [6.45, 7) is 0.793. The predicted octanol–water partition coefficient (Wildman–Crippen LogP) is 4.97. The molecule has 1 aromatic heterocycles. The molecule has 0 aliphatic carbocycles. The third-order valence-corrected chi connectivity index (χ3v) is 6.15. The van der Waals surface area contributed by atoms with Gasteiger partial charge in [-0.15, -0.1) is 0 Å². The lowest BCUT2D eigenvalue weighted by Gasteiger charge is -2.46. The van der Waals surface area contributed by atoms with Crippen LogP contribution in [0.5, 0.6) is 0 Å². The van der Waals surface area contributed by atoms with E-state index < -0.39 is 23.1 Å². The van der Waals surface area contributed by atoms with Gasteiger partial charge in [0.1, 0.15) is 17.2 Å². The molecule has 29 heavy (non-hydrogen) atoms. The molecule has 1 spiro atoms. The number of rotatable bonds is 1. The highest BCUT2D eigenvalue weighted by Gasteiger charge is 2.42. The van der Waals surface area contributed by atoms with Gasteiger partial charge in [0.05, 0.1) is 16.9 Å². The number of anilines is 1. The summed E-state index contributed by atoms with van der Waals surface area (Å²) >= 11 is 6.18. The van der Waals surface area contributed by atoms with Crippen LogP contribution in [0.25, 0.3) is 5.69 Å². The molecule has 5 rings (SSSR count). The number of carbonyl (C=O) groups is 1. The minimum Gasteiger partial charge on any atom is -0.372 e. The van der Waals surface area contributed by atoms with Crippen LogP contribution in [0.15, 0.2) is 54.7 Å². The van der Waals surface area contributed by atoms with Gasteiger partial charge >= 0.3 is 0 Å². The maximum atomic E-state index is 14.0. The third kappa shape index (κ3) is 2.82. The monoisotopic (exact) mass is 413 g/mol. The maximum absolute atomic E-state index is 14.0. The highest BCUT2D eigenvalue weighted by atomic mass is 35.5. The lowest BCUT2D eigenvalue weighted by molar-refractivity contribution is 0.0666. The van der Waals surface area contributed by atoms with Gasteiger partial charge in [0, 0.05) is 30.0 Å². The molecule has 0 unspecified atom stereocenters. The highest BCUT2D eigenvalue weighted by molar-refractivity contribution is 6.30. The predicted molar refractivity (Wildman–Crippen MR) is 108 cm³/mol. The van der Waals surface area contributed by atoms with Crippen molar-refractivity contribution in [2.45, 2.75) is 18.4 Å². The molecule has 1 N–H and O–H groups in total. The number of hydrogen-bond acceptors (Lipinski definition) is 2. The molecule has 0 saturated carbocycles. The Bertz CT molecular complexity index is 1100. The second kappa shape index (κ2) is 6.59. The number of aromatic nitrogens is 1. The zero-order valence-electron chi connectivity index (χ0n) is 15.5. The van der Waals surface area contributed by atoms with E-state index in [2.05, 4.69) is 16.0 Å². The molecule has 0 bridgehead atoms. The molecule has 1 saturated heterocycles. The quantitative estimate of drug-likeness (QED) is 0.611. The summed E-state index contributed by atoms with van der Waals surface area (Å²) in [7, 11) is 0. The minimum absolute atomic E-state index is 0.352. The van der Waals surface area contributed by atoms with Crippen molar-refractivity contribution < 1.29 is 13.6 Å². The molecule has 2 aliphatic heterocycles. The van der Waals surface area contributed by atoms with Crippen molar-refractivity contribution in [3.63, 3.8) is 0 Å². The molecular weight excluding hydrogens is 396 g/mol. The molecule has 0 atom stereocenters. The number of halogens is 3. The normalized spacial score (nSPS) is 16.9. The molecule has 2 aromatic carbocycles. The van der Waals surface area contributed by atoms with E-state index in [0.717, 1.165) is 29.2 Å². The summed E-state index contributed by atoms with van der Waals surface area (Å²) in [4.78, 5) is 14.3. The molecule has 1 amide bonds. The number of fused-ring (bicyclic) bond motifs is 4. The van der Waals surface area contributed by atoms with E-state index in [0.29, 0.717) is 31.0 Å². The van der Waals surface area contributed by atoms with Gasteiger partial charge in [-0.05, 0) is 55.3 Å². The Morgan fingerprint density at radius 2 is 1.76 bits per heavy atom. The first-order valence-corrected chi connectivity index (χ1v) is 9.86. The van der Waals surface area contributed by atoms with Crippen LogP contribution in [0.1, 0.15) is 28.9 Å². The van der Waals surface area contributed by atoms with Gasteiger partial charge < -0.3 is 14.8 Å². The number of carbonyl (C=O) groups excluding carboxylic acids is 1. The van der Waals surface area contributed by atoms with Crippen LogP contribution in [0.3, 0.4) is 0 Å².